The van der Waals surface area contributed by atoms with Crippen molar-refractivity contribution in [1.82, 2.24) is 9.97 Å². The Bertz CT molecular complexity index is 538. The predicted octanol–water partition coefficient (Wildman–Crippen LogP) is 4.39. The van der Waals surface area contributed by atoms with Crippen molar-refractivity contribution in [3.63, 3.8) is 0 Å². The lowest BCUT2D eigenvalue weighted by Gasteiger charge is -2.02. The minimum Gasteiger partial charge on any atom is -0.497 e. The van der Waals surface area contributed by atoms with Gasteiger partial charge < -0.3 is 14.8 Å². The van der Waals surface area contributed by atoms with Crippen molar-refractivity contribution < 1.29 is 9.84 Å². The smallest absolute Gasteiger partial charge is 0.223 e. The van der Waals surface area contributed by atoms with Crippen molar-refractivity contribution in [2.75, 3.05) is 7.11 Å². The van der Waals surface area contributed by atoms with Crippen molar-refractivity contribution in [1.29, 1.82) is 0 Å². The molecule has 2 aromatic rings. The number of hydrogen-bond donors (Lipinski definition) is 2. The van der Waals surface area contributed by atoms with Gasteiger partial charge in [0.1, 0.15) is 11.6 Å². The SMILES string of the molecule is C.CCCCc1nc(SCc2ccc(OC)cc2)c(O)[nH]1. The molecule has 0 saturated heterocycles. The number of aromatic nitrogens is 2. The van der Waals surface area contributed by atoms with Crippen LogP contribution in [0.4, 0.5) is 0 Å². The molecular weight excluding hydrogens is 284 g/mol. The van der Waals surface area contributed by atoms with E-state index in [-0.39, 0.29) is 13.3 Å². The molecule has 5 heteroatoms. The molecule has 1 aromatic heterocycles. The van der Waals surface area contributed by atoms with E-state index in [1.54, 1.807) is 7.11 Å². The summed E-state index contributed by atoms with van der Waals surface area (Å²) in [5.74, 6) is 2.66. The van der Waals surface area contributed by atoms with Gasteiger partial charge >= 0.3 is 0 Å². The number of rotatable bonds is 7. The summed E-state index contributed by atoms with van der Waals surface area (Å²) >= 11 is 1.53. The molecule has 2 N–H and O–H groups in total. The van der Waals surface area contributed by atoms with Crippen LogP contribution in [0.25, 0.3) is 0 Å². The van der Waals surface area contributed by atoms with Gasteiger partial charge in [-0.1, -0.05) is 44.7 Å². The van der Waals surface area contributed by atoms with Gasteiger partial charge in [-0.3, -0.25) is 0 Å². The minimum absolute atomic E-state index is 0. The summed E-state index contributed by atoms with van der Waals surface area (Å²) in [5.41, 5.74) is 1.17. The minimum atomic E-state index is 0. The van der Waals surface area contributed by atoms with E-state index in [1.165, 1.54) is 17.3 Å². The van der Waals surface area contributed by atoms with E-state index >= 15 is 0 Å². The van der Waals surface area contributed by atoms with E-state index in [9.17, 15) is 5.11 Å². The fraction of sp³-hybridized carbons (Fsp3) is 0.438. The first-order valence-corrected chi connectivity index (χ1v) is 7.75. The van der Waals surface area contributed by atoms with Crippen molar-refractivity contribution >= 4 is 11.8 Å². The second-order valence-corrected chi connectivity index (χ2v) is 5.54. The van der Waals surface area contributed by atoms with Crippen LogP contribution in [0.5, 0.6) is 11.6 Å². The summed E-state index contributed by atoms with van der Waals surface area (Å²) in [6.45, 7) is 2.14. The Kier molecular flexibility index (Phi) is 7.15. The highest BCUT2D eigenvalue weighted by molar-refractivity contribution is 7.98. The Morgan fingerprint density at radius 3 is 2.62 bits per heavy atom. The highest BCUT2D eigenvalue weighted by Crippen LogP contribution is 2.29. The number of imidazole rings is 1. The highest BCUT2D eigenvalue weighted by atomic mass is 32.2. The zero-order chi connectivity index (χ0) is 14.4. The lowest BCUT2D eigenvalue weighted by molar-refractivity contribution is 0.414. The number of H-pyrrole nitrogens is 1. The molecule has 0 atom stereocenters. The second-order valence-electron chi connectivity index (χ2n) is 4.58. The topological polar surface area (TPSA) is 58.1 Å². The van der Waals surface area contributed by atoms with Crippen LogP contribution >= 0.6 is 11.8 Å². The van der Waals surface area contributed by atoms with Gasteiger partial charge in [-0.05, 0) is 24.1 Å². The number of benzene rings is 1. The van der Waals surface area contributed by atoms with Crippen LogP contribution in [-0.2, 0) is 12.2 Å². The monoisotopic (exact) mass is 308 g/mol. The van der Waals surface area contributed by atoms with Gasteiger partial charge in [0.25, 0.3) is 0 Å². The van der Waals surface area contributed by atoms with Crippen LogP contribution in [0.2, 0.25) is 0 Å². The van der Waals surface area contributed by atoms with Gasteiger partial charge in [-0.25, -0.2) is 4.98 Å². The number of methoxy groups -OCH3 is 1. The quantitative estimate of drug-likeness (QED) is 0.745. The zero-order valence-electron chi connectivity index (χ0n) is 11.8. The average Bonchev–Trinajstić information content (AvgIpc) is 2.83. The lowest BCUT2D eigenvalue weighted by Crippen LogP contribution is -1.87. The van der Waals surface area contributed by atoms with E-state index in [2.05, 4.69) is 16.9 Å². The van der Waals surface area contributed by atoms with Crippen molar-refractivity contribution in [3.8, 4) is 11.6 Å². The maximum atomic E-state index is 9.83. The summed E-state index contributed by atoms with van der Waals surface area (Å²) in [5, 5.41) is 10.5. The molecule has 0 fully saturated rings. The van der Waals surface area contributed by atoms with Crippen molar-refractivity contribution in [2.24, 2.45) is 0 Å². The third kappa shape index (κ3) is 5.01. The largest absolute Gasteiger partial charge is 0.497 e. The standard InChI is InChI=1S/C15H20N2O2S.CH4/c1-3-4-5-13-16-14(18)15(17-13)20-10-11-6-8-12(19-2)9-7-11;/h6-9,18H,3-5,10H2,1-2H3,(H,16,17);1H4. The fourth-order valence-electron chi connectivity index (χ4n) is 1.83. The number of thioether (sulfide) groups is 1. The number of aryl methyl sites for hydroxylation is 1. The highest BCUT2D eigenvalue weighted by Gasteiger charge is 2.09. The summed E-state index contributed by atoms with van der Waals surface area (Å²) in [7, 11) is 1.66. The molecular formula is C16H24N2O2S. The number of nitrogens with zero attached hydrogens (tertiary/aromatic N) is 1. The van der Waals surface area contributed by atoms with Gasteiger partial charge in [0, 0.05) is 12.2 Å². The van der Waals surface area contributed by atoms with E-state index < -0.39 is 0 Å². The first-order chi connectivity index (χ1) is 9.72. The molecule has 0 spiro atoms. The van der Waals surface area contributed by atoms with Crippen molar-refractivity contribution in [3.05, 3.63) is 35.7 Å². The van der Waals surface area contributed by atoms with E-state index in [1.807, 2.05) is 24.3 Å². The molecule has 21 heavy (non-hydrogen) atoms. The molecule has 0 unspecified atom stereocenters. The molecule has 0 bridgehead atoms. The Morgan fingerprint density at radius 1 is 1.29 bits per heavy atom. The zero-order valence-corrected chi connectivity index (χ0v) is 12.7. The summed E-state index contributed by atoms with van der Waals surface area (Å²) < 4.78 is 5.13. The van der Waals surface area contributed by atoms with Crippen LogP contribution in [0.15, 0.2) is 29.3 Å². The Morgan fingerprint density at radius 2 is 2.00 bits per heavy atom. The number of unbranched alkanes of at least 4 members (excludes halogenated alkanes) is 1. The molecule has 0 radical (unpaired) electrons. The van der Waals surface area contributed by atoms with Crippen LogP contribution in [-0.4, -0.2) is 22.2 Å². The van der Waals surface area contributed by atoms with Gasteiger partial charge in [0.05, 0.1) is 7.11 Å². The van der Waals surface area contributed by atoms with Crippen LogP contribution in [0, 0.1) is 0 Å². The maximum absolute atomic E-state index is 9.83. The first-order valence-electron chi connectivity index (χ1n) is 6.76. The molecule has 2 rings (SSSR count). The molecule has 0 aliphatic rings. The van der Waals surface area contributed by atoms with E-state index in [0.29, 0.717) is 5.03 Å². The second kappa shape index (κ2) is 8.62. The lowest BCUT2D eigenvalue weighted by atomic mass is 10.2. The first kappa shape index (κ1) is 17.4. The van der Waals surface area contributed by atoms with Crippen LogP contribution in [0.3, 0.4) is 0 Å². The summed E-state index contributed by atoms with van der Waals surface area (Å²) in [6.07, 6.45) is 3.08. The van der Waals surface area contributed by atoms with Gasteiger partial charge in [-0.2, -0.15) is 0 Å². The van der Waals surface area contributed by atoms with Gasteiger partial charge in [0.15, 0.2) is 5.03 Å². The average molecular weight is 308 g/mol. The van der Waals surface area contributed by atoms with Crippen LogP contribution in [0.1, 0.15) is 38.6 Å². The fourth-order valence-corrected chi connectivity index (χ4v) is 2.69. The normalized spacial score (nSPS) is 10.2. The third-order valence-electron chi connectivity index (χ3n) is 3.00. The Labute approximate surface area is 131 Å². The summed E-state index contributed by atoms with van der Waals surface area (Å²) in [4.78, 5) is 7.37. The molecule has 0 aliphatic carbocycles. The third-order valence-corrected chi connectivity index (χ3v) is 4.04. The van der Waals surface area contributed by atoms with Gasteiger partial charge in [-0.15, -0.1) is 0 Å². The Balaban J connectivity index is 0.00000220. The maximum Gasteiger partial charge on any atom is 0.223 e. The number of nitrogens with one attached hydrogen (secondary N) is 1. The molecule has 4 nitrogen and oxygen atoms in total. The molecule has 0 aliphatic heterocycles. The van der Waals surface area contributed by atoms with E-state index in [0.717, 1.165) is 36.6 Å². The Hall–Kier alpha value is -1.62. The molecule has 1 heterocycles. The van der Waals surface area contributed by atoms with Crippen molar-refractivity contribution in [2.45, 2.75) is 44.4 Å². The van der Waals surface area contributed by atoms with Crippen LogP contribution < -0.4 is 4.74 Å². The summed E-state index contributed by atoms with van der Waals surface area (Å²) in [6, 6.07) is 7.92. The number of aromatic amines is 1. The number of aromatic hydroxyl groups is 1. The predicted molar refractivity (Wildman–Crippen MR) is 88.2 cm³/mol. The molecule has 116 valence electrons. The molecule has 0 saturated carbocycles. The van der Waals surface area contributed by atoms with E-state index in [4.69, 9.17) is 4.74 Å². The molecule has 0 amide bonds. The van der Waals surface area contributed by atoms with Gasteiger partial charge in [0.2, 0.25) is 5.88 Å². The number of ether oxygens (including phenoxy) is 1. The molecule has 1 aromatic carbocycles. The number of hydrogen-bond acceptors (Lipinski definition) is 4.